The maximum atomic E-state index is 14.3. The summed E-state index contributed by atoms with van der Waals surface area (Å²) in [6, 6.07) is 13.2. The first kappa shape index (κ1) is 15.6. The lowest BCUT2D eigenvalue weighted by atomic mass is 9.98. The SMILES string of the molecule is CC(C)=NOc1[c]ccc(-c2cccc(F)c2C2OCCO2)c1. The van der Waals surface area contributed by atoms with Crippen molar-refractivity contribution in [2.75, 3.05) is 13.2 Å². The van der Waals surface area contributed by atoms with Crippen LogP contribution in [0, 0.1) is 11.9 Å². The lowest BCUT2D eigenvalue weighted by molar-refractivity contribution is -0.0460. The summed E-state index contributed by atoms with van der Waals surface area (Å²) in [6.07, 6.45) is -0.685. The summed E-state index contributed by atoms with van der Waals surface area (Å²) in [7, 11) is 0. The molecule has 1 aliphatic heterocycles. The summed E-state index contributed by atoms with van der Waals surface area (Å²) in [5.74, 6) is 0.110. The fraction of sp³-hybridized carbons (Fsp3) is 0.278. The summed E-state index contributed by atoms with van der Waals surface area (Å²) < 4.78 is 25.3. The van der Waals surface area contributed by atoms with Gasteiger partial charge in [0.05, 0.1) is 24.5 Å². The van der Waals surface area contributed by atoms with Crippen molar-refractivity contribution in [1.29, 1.82) is 0 Å². The van der Waals surface area contributed by atoms with Crippen molar-refractivity contribution in [3.05, 3.63) is 53.8 Å². The van der Waals surface area contributed by atoms with Gasteiger partial charge in [-0.1, -0.05) is 23.4 Å². The summed E-state index contributed by atoms with van der Waals surface area (Å²) in [4.78, 5) is 5.30. The molecule has 0 aliphatic carbocycles. The van der Waals surface area contributed by atoms with E-state index in [0.29, 0.717) is 30.1 Å². The lowest BCUT2D eigenvalue weighted by Gasteiger charge is -2.16. The Hall–Kier alpha value is -2.24. The summed E-state index contributed by atoms with van der Waals surface area (Å²) in [5, 5.41) is 3.91. The van der Waals surface area contributed by atoms with Crippen LogP contribution in [-0.2, 0) is 9.47 Å². The zero-order chi connectivity index (χ0) is 16.2. The molecule has 1 heterocycles. The van der Waals surface area contributed by atoms with Crippen LogP contribution in [0.25, 0.3) is 11.1 Å². The monoisotopic (exact) mass is 314 g/mol. The van der Waals surface area contributed by atoms with Crippen molar-refractivity contribution in [3.63, 3.8) is 0 Å². The standard InChI is InChI=1S/C18H17FNO3/c1-12(2)20-23-14-6-3-5-13(11-14)15-7-4-8-16(19)17(15)18-21-9-10-22-18/h3-5,7-8,11,18H,9-10H2,1-2H3. The average molecular weight is 314 g/mol. The van der Waals surface area contributed by atoms with Gasteiger partial charge in [-0.3, -0.25) is 0 Å². The van der Waals surface area contributed by atoms with Crippen LogP contribution >= 0.6 is 0 Å². The topological polar surface area (TPSA) is 40.0 Å². The quantitative estimate of drug-likeness (QED) is 0.630. The van der Waals surface area contributed by atoms with Crippen LogP contribution in [0.4, 0.5) is 4.39 Å². The van der Waals surface area contributed by atoms with E-state index < -0.39 is 6.29 Å². The predicted molar refractivity (Wildman–Crippen MR) is 84.7 cm³/mol. The van der Waals surface area contributed by atoms with Crippen molar-refractivity contribution in [2.45, 2.75) is 20.1 Å². The van der Waals surface area contributed by atoms with Crippen LogP contribution < -0.4 is 4.84 Å². The van der Waals surface area contributed by atoms with Crippen molar-refractivity contribution >= 4 is 5.71 Å². The summed E-state index contributed by atoms with van der Waals surface area (Å²) in [5.41, 5.74) is 2.68. The van der Waals surface area contributed by atoms with Gasteiger partial charge in [0.2, 0.25) is 0 Å². The predicted octanol–water partition coefficient (Wildman–Crippen LogP) is 4.11. The molecule has 0 atom stereocenters. The molecule has 2 aromatic rings. The minimum atomic E-state index is -0.685. The zero-order valence-corrected chi connectivity index (χ0v) is 13.0. The highest BCUT2D eigenvalue weighted by Gasteiger charge is 2.25. The second-order valence-electron chi connectivity index (χ2n) is 5.35. The number of oxime groups is 1. The van der Waals surface area contributed by atoms with Gasteiger partial charge in [0.1, 0.15) is 5.82 Å². The Labute approximate surface area is 134 Å². The van der Waals surface area contributed by atoms with E-state index >= 15 is 0 Å². The van der Waals surface area contributed by atoms with Crippen LogP contribution in [0.5, 0.6) is 5.75 Å². The Bertz CT molecular complexity index is 720. The van der Waals surface area contributed by atoms with E-state index in [-0.39, 0.29) is 5.82 Å². The highest BCUT2D eigenvalue weighted by atomic mass is 19.1. The maximum absolute atomic E-state index is 14.3. The first-order valence-electron chi connectivity index (χ1n) is 7.37. The summed E-state index contributed by atoms with van der Waals surface area (Å²) >= 11 is 0. The number of hydrogen-bond acceptors (Lipinski definition) is 4. The molecule has 1 aliphatic rings. The number of nitrogens with zero attached hydrogens (tertiary/aromatic N) is 1. The van der Waals surface area contributed by atoms with Gasteiger partial charge in [-0.25, -0.2) is 4.39 Å². The summed E-state index contributed by atoms with van der Waals surface area (Å²) in [6.45, 7) is 4.59. The van der Waals surface area contributed by atoms with Gasteiger partial charge in [-0.15, -0.1) is 0 Å². The number of benzene rings is 2. The van der Waals surface area contributed by atoms with E-state index in [4.69, 9.17) is 14.3 Å². The number of ether oxygens (including phenoxy) is 2. The molecule has 0 N–H and O–H groups in total. The molecule has 0 saturated carbocycles. The fourth-order valence-corrected chi connectivity index (χ4v) is 2.36. The van der Waals surface area contributed by atoms with E-state index in [0.717, 1.165) is 11.3 Å². The van der Waals surface area contributed by atoms with E-state index in [1.807, 2.05) is 26.0 Å². The molecule has 1 fully saturated rings. The molecular formula is C18H17FNO3. The van der Waals surface area contributed by atoms with Crippen LogP contribution in [0.15, 0.2) is 41.6 Å². The van der Waals surface area contributed by atoms with Crippen LogP contribution in [0.2, 0.25) is 0 Å². The Kier molecular flexibility index (Phi) is 4.69. The Morgan fingerprint density at radius 3 is 2.78 bits per heavy atom. The van der Waals surface area contributed by atoms with Gasteiger partial charge in [-0.05, 0) is 43.2 Å². The maximum Gasteiger partial charge on any atom is 0.187 e. The average Bonchev–Trinajstić information content (AvgIpc) is 3.07. The van der Waals surface area contributed by atoms with Gasteiger partial charge >= 0.3 is 0 Å². The lowest BCUT2D eigenvalue weighted by Crippen LogP contribution is -2.04. The third-order valence-corrected chi connectivity index (χ3v) is 3.32. The Balaban J connectivity index is 2.00. The van der Waals surface area contributed by atoms with Gasteiger partial charge in [-0.2, -0.15) is 0 Å². The van der Waals surface area contributed by atoms with Crippen LogP contribution in [0.1, 0.15) is 25.7 Å². The first-order chi connectivity index (χ1) is 11.1. The first-order valence-corrected chi connectivity index (χ1v) is 7.37. The smallest absolute Gasteiger partial charge is 0.187 e. The molecule has 0 spiro atoms. The molecule has 0 unspecified atom stereocenters. The molecule has 5 heteroatoms. The van der Waals surface area contributed by atoms with Crippen molar-refractivity contribution in [1.82, 2.24) is 0 Å². The van der Waals surface area contributed by atoms with Crippen LogP contribution in [-0.4, -0.2) is 18.9 Å². The van der Waals surface area contributed by atoms with Crippen molar-refractivity contribution < 1.29 is 18.7 Å². The molecule has 119 valence electrons. The molecule has 1 radical (unpaired) electrons. The molecule has 23 heavy (non-hydrogen) atoms. The third kappa shape index (κ3) is 3.57. The number of halogens is 1. The highest BCUT2D eigenvalue weighted by Crippen LogP contribution is 2.35. The minimum Gasteiger partial charge on any atom is -0.356 e. The van der Waals surface area contributed by atoms with E-state index in [1.54, 1.807) is 18.2 Å². The van der Waals surface area contributed by atoms with Gasteiger partial charge < -0.3 is 14.3 Å². The van der Waals surface area contributed by atoms with Gasteiger partial charge in [0, 0.05) is 6.07 Å². The molecule has 0 bridgehead atoms. The molecular weight excluding hydrogens is 297 g/mol. The van der Waals surface area contributed by atoms with Crippen molar-refractivity contribution in [3.8, 4) is 16.9 Å². The fourth-order valence-electron chi connectivity index (χ4n) is 2.36. The van der Waals surface area contributed by atoms with E-state index in [2.05, 4.69) is 11.2 Å². The molecule has 3 rings (SSSR count). The molecule has 4 nitrogen and oxygen atoms in total. The Morgan fingerprint density at radius 2 is 2.04 bits per heavy atom. The van der Waals surface area contributed by atoms with Gasteiger partial charge in [0.25, 0.3) is 0 Å². The third-order valence-electron chi connectivity index (χ3n) is 3.32. The molecule has 1 saturated heterocycles. The van der Waals surface area contributed by atoms with E-state index in [9.17, 15) is 4.39 Å². The minimum absolute atomic E-state index is 0.355. The van der Waals surface area contributed by atoms with E-state index in [1.165, 1.54) is 6.07 Å². The van der Waals surface area contributed by atoms with Crippen LogP contribution in [0.3, 0.4) is 0 Å². The normalized spacial score (nSPS) is 14.7. The second-order valence-corrected chi connectivity index (χ2v) is 5.35. The van der Waals surface area contributed by atoms with Gasteiger partial charge in [0.15, 0.2) is 12.0 Å². The number of hydrogen-bond donors (Lipinski definition) is 0. The molecule has 0 aromatic heterocycles. The largest absolute Gasteiger partial charge is 0.356 e. The Morgan fingerprint density at radius 1 is 1.26 bits per heavy atom. The highest BCUT2D eigenvalue weighted by molar-refractivity contribution is 5.78. The molecule has 2 aromatic carbocycles. The zero-order valence-electron chi connectivity index (χ0n) is 13.0. The van der Waals surface area contributed by atoms with Crippen molar-refractivity contribution in [2.24, 2.45) is 5.16 Å². The molecule has 0 amide bonds. The number of rotatable bonds is 4. The second kappa shape index (κ2) is 6.89.